The molecule has 2 amide bonds. The van der Waals surface area contributed by atoms with E-state index in [1.165, 1.54) is 6.07 Å². The third kappa shape index (κ3) is 4.19. The number of ether oxygens (including phenoxy) is 1. The lowest BCUT2D eigenvalue weighted by Crippen LogP contribution is -2.40. The minimum Gasteiger partial charge on any atom is -0.493 e. The smallest absolute Gasteiger partial charge is 0.341 e. The molecule has 0 fully saturated rings. The number of carboxylic acid groups (broad SMARTS) is 1. The molecule has 4 rings (SSSR count). The average molecular weight is 414 g/mol. The van der Waals surface area contributed by atoms with Crippen molar-refractivity contribution < 1.29 is 19.4 Å². The van der Waals surface area contributed by atoms with Gasteiger partial charge in [0.15, 0.2) is 0 Å². The Bertz CT molecular complexity index is 1130. The van der Waals surface area contributed by atoms with Gasteiger partial charge in [0, 0.05) is 0 Å². The fourth-order valence-corrected chi connectivity index (χ4v) is 3.91. The molecule has 1 aliphatic rings. The molecule has 2 atom stereocenters. The Morgan fingerprint density at radius 2 is 1.68 bits per heavy atom. The van der Waals surface area contributed by atoms with Gasteiger partial charge in [-0.25, -0.2) is 9.59 Å². The number of carbonyl (C=O) groups is 2. The van der Waals surface area contributed by atoms with Crippen LogP contribution in [-0.2, 0) is 0 Å². The molecule has 3 aromatic carbocycles. The predicted molar refractivity (Wildman–Crippen MR) is 118 cm³/mol. The summed E-state index contributed by atoms with van der Waals surface area (Å²) in [5.41, 5.74) is 3.36. The van der Waals surface area contributed by atoms with Crippen LogP contribution < -0.4 is 10.1 Å². The van der Waals surface area contributed by atoms with E-state index < -0.39 is 18.0 Å². The maximum absolute atomic E-state index is 12.6. The van der Waals surface area contributed by atoms with Crippen LogP contribution in [0.4, 0.5) is 4.79 Å². The third-order valence-corrected chi connectivity index (χ3v) is 5.25. The maximum Gasteiger partial charge on any atom is 0.341 e. The molecule has 6 heteroatoms. The van der Waals surface area contributed by atoms with Crippen molar-refractivity contribution in [2.75, 3.05) is 6.61 Å². The lowest BCUT2D eigenvalue weighted by atomic mass is 9.80. The number of urea groups is 1. The van der Waals surface area contributed by atoms with Gasteiger partial charge in [0.25, 0.3) is 0 Å². The second-order valence-corrected chi connectivity index (χ2v) is 7.17. The first kappa shape index (κ1) is 20.3. The number of carboxylic acids is 1. The van der Waals surface area contributed by atoms with Crippen molar-refractivity contribution in [2.24, 2.45) is 4.99 Å². The van der Waals surface area contributed by atoms with Crippen LogP contribution >= 0.6 is 0 Å². The lowest BCUT2D eigenvalue weighted by molar-refractivity contribution is 0.0692. The Kier molecular flexibility index (Phi) is 5.80. The van der Waals surface area contributed by atoms with E-state index in [4.69, 9.17) is 4.74 Å². The summed E-state index contributed by atoms with van der Waals surface area (Å²) in [6, 6.07) is 23.5. The van der Waals surface area contributed by atoms with Gasteiger partial charge in [-0.2, -0.15) is 4.99 Å². The number of aliphatic imine (C=N–C) groups is 1. The van der Waals surface area contributed by atoms with Crippen molar-refractivity contribution in [1.29, 1.82) is 0 Å². The van der Waals surface area contributed by atoms with Gasteiger partial charge in [0.1, 0.15) is 11.3 Å². The predicted octanol–water partition coefficient (Wildman–Crippen LogP) is 4.82. The van der Waals surface area contributed by atoms with Gasteiger partial charge < -0.3 is 15.2 Å². The molecule has 2 N–H and O–H groups in total. The van der Waals surface area contributed by atoms with Gasteiger partial charge >= 0.3 is 12.0 Å². The van der Waals surface area contributed by atoms with E-state index >= 15 is 0 Å². The standard InChI is InChI=1S/C25H22N2O4/c1-2-31-20-15-18(13-14-19(20)24(28)29)23-21(16-9-5-3-6-10-16)22(26-25(30)27-23)17-11-7-4-8-12-17/h3-15,21,23H,2H2,1H3,(H,27,30)(H,28,29). The Morgan fingerprint density at radius 3 is 2.32 bits per heavy atom. The monoisotopic (exact) mass is 414 g/mol. The topological polar surface area (TPSA) is 88.0 Å². The summed E-state index contributed by atoms with van der Waals surface area (Å²) >= 11 is 0. The molecule has 0 saturated carbocycles. The lowest BCUT2D eigenvalue weighted by Gasteiger charge is -2.33. The molecule has 1 aliphatic heterocycles. The molecule has 0 aliphatic carbocycles. The summed E-state index contributed by atoms with van der Waals surface area (Å²) in [5.74, 6) is -1.04. The molecule has 156 valence electrons. The number of amides is 2. The van der Waals surface area contributed by atoms with Crippen LogP contribution in [0.5, 0.6) is 5.75 Å². The van der Waals surface area contributed by atoms with Crippen LogP contribution in [0.25, 0.3) is 0 Å². The first-order valence-electron chi connectivity index (χ1n) is 10.1. The summed E-state index contributed by atoms with van der Waals surface area (Å²) in [6.07, 6.45) is 0. The highest BCUT2D eigenvalue weighted by molar-refractivity contribution is 6.12. The van der Waals surface area contributed by atoms with E-state index in [0.29, 0.717) is 12.3 Å². The Hall–Kier alpha value is -3.93. The number of rotatable bonds is 6. The fraction of sp³-hybridized carbons (Fsp3) is 0.160. The van der Waals surface area contributed by atoms with Crippen molar-refractivity contribution in [3.63, 3.8) is 0 Å². The minimum absolute atomic E-state index is 0.0842. The van der Waals surface area contributed by atoms with Gasteiger partial charge in [-0.3, -0.25) is 0 Å². The third-order valence-electron chi connectivity index (χ3n) is 5.25. The Labute approximate surface area is 180 Å². The number of carbonyl (C=O) groups excluding carboxylic acids is 1. The molecule has 2 unspecified atom stereocenters. The number of nitrogens with one attached hydrogen (secondary N) is 1. The zero-order valence-corrected chi connectivity index (χ0v) is 17.0. The van der Waals surface area contributed by atoms with Crippen LogP contribution in [0.3, 0.4) is 0 Å². The molecule has 0 saturated heterocycles. The number of nitrogens with zero attached hydrogens (tertiary/aromatic N) is 1. The number of hydrogen-bond acceptors (Lipinski definition) is 3. The highest BCUT2D eigenvalue weighted by atomic mass is 16.5. The highest BCUT2D eigenvalue weighted by Gasteiger charge is 2.36. The van der Waals surface area contributed by atoms with E-state index in [-0.39, 0.29) is 17.2 Å². The first-order chi connectivity index (χ1) is 15.1. The quantitative estimate of drug-likeness (QED) is 0.605. The van der Waals surface area contributed by atoms with E-state index in [1.807, 2.05) is 60.7 Å². The second kappa shape index (κ2) is 8.83. The van der Waals surface area contributed by atoms with Crippen molar-refractivity contribution in [1.82, 2.24) is 5.32 Å². The zero-order valence-electron chi connectivity index (χ0n) is 17.0. The fourth-order valence-electron chi connectivity index (χ4n) is 3.91. The van der Waals surface area contributed by atoms with Crippen LogP contribution in [0.1, 0.15) is 45.9 Å². The SMILES string of the molecule is CCOc1cc(C2NC(=O)N=C(c3ccccc3)C2c2ccccc2)ccc1C(=O)O. The summed E-state index contributed by atoms with van der Waals surface area (Å²) in [6.45, 7) is 2.13. The summed E-state index contributed by atoms with van der Waals surface area (Å²) in [7, 11) is 0. The molecular weight excluding hydrogens is 392 g/mol. The summed E-state index contributed by atoms with van der Waals surface area (Å²) in [4.78, 5) is 28.5. The van der Waals surface area contributed by atoms with Gasteiger partial charge in [-0.1, -0.05) is 66.7 Å². The number of benzene rings is 3. The highest BCUT2D eigenvalue weighted by Crippen LogP contribution is 2.38. The zero-order chi connectivity index (χ0) is 21.8. The van der Waals surface area contributed by atoms with Gasteiger partial charge in [0.2, 0.25) is 0 Å². The number of hydrogen-bond donors (Lipinski definition) is 2. The maximum atomic E-state index is 12.6. The molecule has 6 nitrogen and oxygen atoms in total. The van der Waals surface area contributed by atoms with Crippen molar-refractivity contribution in [3.8, 4) is 5.75 Å². The van der Waals surface area contributed by atoms with Crippen molar-refractivity contribution >= 4 is 17.7 Å². The van der Waals surface area contributed by atoms with E-state index in [0.717, 1.165) is 16.7 Å². The van der Waals surface area contributed by atoms with Crippen LogP contribution in [0.2, 0.25) is 0 Å². The van der Waals surface area contributed by atoms with Crippen molar-refractivity contribution in [3.05, 3.63) is 101 Å². The molecular formula is C25H22N2O4. The second-order valence-electron chi connectivity index (χ2n) is 7.17. The molecule has 0 radical (unpaired) electrons. The van der Waals surface area contributed by atoms with Crippen LogP contribution in [0, 0.1) is 0 Å². The molecule has 1 heterocycles. The minimum atomic E-state index is -1.06. The summed E-state index contributed by atoms with van der Waals surface area (Å²) in [5, 5.41) is 12.5. The average Bonchev–Trinajstić information content (AvgIpc) is 2.79. The van der Waals surface area contributed by atoms with E-state index in [2.05, 4.69) is 10.3 Å². The van der Waals surface area contributed by atoms with E-state index in [1.54, 1.807) is 19.1 Å². The summed E-state index contributed by atoms with van der Waals surface area (Å²) < 4.78 is 5.59. The van der Waals surface area contributed by atoms with E-state index in [9.17, 15) is 14.7 Å². The Morgan fingerprint density at radius 1 is 1.00 bits per heavy atom. The van der Waals surface area contributed by atoms with Gasteiger partial charge in [-0.05, 0) is 35.7 Å². The number of aromatic carboxylic acids is 1. The molecule has 0 spiro atoms. The largest absolute Gasteiger partial charge is 0.493 e. The molecule has 0 bridgehead atoms. The van der Waals surface area contributed by atoms with Crippen LogP contribution in [-0.4, -0.2) is 29.4 Å². The van der Waals surface area contributed by atoms with Crippen LogP contribution in [0.15, 0.2) is 83.9 Å². The molecule has 31 heavy (non-hydrogen) atoms. The van der Waals surface area contributed by atoms with Gasteiger partial charge in [-0.15, -0.1) is 0 Å². The van der Waals surface area contributed by atoms with Crippen molar-refractivity contribution in [2.45, 2.75) is 18.9 Å². The Balaban J connectivity index is 1.86. The first-order valence-corrected chi connectivity index (χ1v) is 10.1. The normalized spacial score (nSPS) is 18.1. The molecule has 3 aromatic rings. The van der Waals surface area contributed by atoms with Gasteiger partial charge in [0.05, 0.1) is 24.3 Å². The molecule has 0 aromatic heterocycles.